The Bertz CT molecular complexity index is 988. The molecule has 1 aliphatic heterocycles. The van der Waals surface area contributed by atoms with Gasteiger partial charge in [0.15, 0.2) is 6.10 Å². The molecular formula is C19H15FN2O6. The van der Waals surface area contributed by atoms with Crippen LogP contribution in [-0.4, -0.2) is 29.5 Å². The molecular weight excluding hydrogens is 371 g/mol. The molecule has 0 unspecified atom stereocenters. The normalized spacial score (nSPS) is 13.4. The fraction of sp³-hybridized carbons (Fsp3) is 0.158. The van der Waals surface area contributed by atoms with Crippen LogP contribution in [0.5, 0.6) is 5.75 Å². The van der Waals surface area contributed by atoms with Gasteiger partial charge in [-0.3, -0.25) is 14.9 Å². The second-order valence-electron chi connectivity index (χ2n) is 5.96. The van der Waals surface area contributed by atoms with Crippen molar-refractivity contribution in [3.63, 3.8) is 0 Å². The molecule has 0 saturated carbocycles. The lowest BCUT2D eigenvalue weighted by Gasteiger charge is -2.19. The van der Waals surface area contributed by atoms with E-state index in [0.29, 0.717) is 5.75 Å². The molecule has 0 spiro atoms. The maximum absolute atomic E-state index is 13.4. The van der Waals surface area contributed by atoms with Gasteiger partial charge >= 0.3 is 11.7 Å². The maximum Gasteiger partial charge on any atom is 0.338 e. The van der Waals surface area contributed by atoms with E-state index in [1.807, 2.05) is 6.07 Å². The Kier molecular flexibility index (Phi) is 5.35. The highest BCUT2D eigenvalue weighted by molar-refractivity contribution is 5.99. The molecule has 0 fully saturated rings. The number of nitro benzene ring substituents is 1. The van der Waals surface area contributed by atoms with Gasteiger partial charge in [0.2, 0.25) is 5.82 Å². The number of halogens is 1. The second kappa shape index (κ2) is 7.87. The number of carbonyl (C=O) groups excluding carboxylic acids is 2. The summed E-state index contributed by atoms with van der Waals surface area (Å²) in [6.45, 7) is 1.36. The number of hydrogen-bond donors (Lipinski definition) is 1. The minimum absolute atomic E-state index is 0.00828. The van der Waals surface area contributed by atoms with Crippen LogP contribution in [0.1, 0.15) is 12.5 Å². The van der Waals surface area contributed by atoms with E-state index >= 15 is 0 Å². The molecule has 0 saturated heterocycles. The highest BCUT2D eigenvalue weighted by Gasteiger charge is 2.24. The van der Waals surface area contributed by atoms with Gasteiger partial charge in [-0.1, -0.05) is 18.2 Å². The molecule has 28 heavy (non-hydrogen) atoms. The number of fused-ring (bicyclic) bond motifs is 1. The van der Waals surface area contributed by atoms with Crippen molar-refractivity contribution in [2.45, 2.75) is 13.0 Å². The summed E-state index contributed by atoms with van der Waals surface area (Å²) < 4.78 is 24.0. The number of hydrogen-bond acceptors (Lipinski definition) is 6. The minimum Gasteiger partial charge on any atom is -0.488 e. The van der Waals surface area contributed by atoms with Crippen LogP contribution in [0, 0.1) is 15.9 Å². The summed E-state index contributed by atoms with van der Waals surface area (Å²) in [7, 11) is 0. The lowest BCUT2D eigenvalue weighted by atomic mass is 10.1. The number of esters is 1. The number of nitro groups is 1. The van der Waals surface area contributed by atoms with E-state index in [9.17, 15) is 24.1 Å². The summed E-state index contributed by atoms with van der Waals surface area (Å²) in [5, 5.41) is 13.1. The number of nitrogens with one attached hydrogen (secondary N) is 1. The Labute approximate surface area is 158 Å². The molecule has 1 amide bonds. The number of ether oxygens (including phenoxy) is 2. The molecule has 1 atom stereocenters. The van der Waals surface area contributed by atoms with E-state index in [0.717, 1.165) is 17.7 Å². The van der Waals surface area contributed by atoms with Crippen molar-refractivity contribution in [2.24, 2.45) is 0 Å². The van der Waals surface area contributed by atoms with E-state index in [-0.39, 0.29) is 17.9 Å². The van der Waals surface area contributed by atoms with E-state index < -0.39 is 34.4 Å². The highest BCUT2D eigenvalue weighted by Crippen LogP contribution is 2.26. The molecule has 9 heteroatoms. The van der Waals surface area contributed by atoms with Crippen molar-refractivity contribution in [1.82, 2.24) is 0 Å². The first-order valence-electron chi connectivity index (χ1n) is 8.23. The number of amides is 1. The topological polar surface area (TPSA) is 108 Å². The molecule has 3 rings (SSSR count). The number of carbonyl (C=O) groups is 2. The van der Waals surface area contributed by atoms with Gasteiger partial charge < -0.3 is 14.8 Å². The van der Waals surface area contributed by atoms with Crippen LogP contribution in [-0.2, 0) is 14.3 Å². The molecule has 1 heterocycles. The smallest absolute Gasteiger partial charge is 0.338 e. The first-order chi connectivity index (χ1) is 13.3. The average Bonchev–Trinajstić information content (AvgIpc) is 2.68. The first kappa shape index (κ1) is 19.0. The standard InChI is InChI=1S/C19H15FN2O6/c1-11(18(23)21-14-6-7-15(20)16(9-14)22(25)26)28-19(24)13-8-12-4-2-3-5-17(12)27-10-13/h2-9,11H,10H2,1H3,(H,21,23)/t11-/m1/s1. The molecule has 0 aromatic heterocycles. The first-order valence-corrected chi connectivity index (χ1v) is 8.23. The van der Waals surface area contributed by atoms with E-state index in [1.54, 1.807) is 24.3 Å². The third-order valence-electron chi connectivity index (χ3n) is 3.96. The van der Waals surface area contributed by atoms with Crippen molar-refractivity contribution < 1.29 is 28.4 Å². The van der Waals surface area contributed by atoms with Crippen molar-refractivity contribution >= 4 is 29.3 Å². The SMILES string of the molecule is C[C@@H](OC(=O)C1=Cc2ccccc2OC1)C(=O)Nc1ccc(F)c([N+](=O)[O-])c1. The van der Waals surface area contributed by atoms with Gasteiger partial charge in [-0.25, -0.2) is 4.79 Å². The predicted molar refractivity (Wildman–Crippen MR) is 97.2 cm³/mol. The monoisotopic (exact) mass is 386 g/mol. The Morgan fingerprint density at radius 1 is 1.29 bits per heavy atom. The van der Waals surface area contributed by atoms with Crippen LogP contribution in [0.3, 0.4) is 0 Å². The summed E-state index contributed by atoms with van der Waals surface area (Å²) >= 11 is 0. The van der Waals surface area contributed by atoms with Crippen LogP contribution in [0.15, 0.2) is 48.0 Å². The van der Waals surface area contributed by atoms with Crippen molar-refractivity contribution in [2.75, 3.05) is 11.9 Å². The van der Waals surface area contributed by atoms with Crippen LogP contribution < -0.4 is 10.1 Å². The number of anilines is 1. The lowest BCUT2D eigenvalue weighted by Crippen LogP contribution is -2.31. The molecule has 1 aliphatic rings. The average molecular weight is 386 g/mol. The summed E-state index contributed by atoms with van der Waals surface area (Å²) in [6.07, 6.45) is 0.435. The molecule has 0 bridgehead atoms. The van der Waals surface area contributed by atoms with Gasteiger partial charge in [0.25, 0.3) is 5.91 Å². The zero-order chi connectivity index (χ0) is 20.3. The van der Waals surface area contributed by atoms with Crippen molar-refractivity contribution in [3.05, 3.63) is 69.5 Å². The predicted octanol–water partition coefficient (Wildman–Crippen LogP) is 3.08. The fourth-order valence-corrected chi connectivity index (χ4v) is 2.50. The largest absolute Gasteiger partial charge is 0.488 e. The maximum atomic E-state index is 13.4. The van der Waals surface area contributed by atoms with Crippen LogP contribution >= 0.6 is 0 Å². The number of benzene rings is 2. The number of para-hydroxylation sites is 1. The van der Waals surface area contributed by atoms with E-state index in [4.69, 9.17) is 9.47 Å². The van der Waals surface area contributed by atoms with Gasteiger partial charge in [0, 0.05) is 17.3 Å². The molecule has 2 aromatic carbocycles. The summed E-state index contributed by atoms with van der Waals surface area (Å²) in [6, 6.07) is 10.1. The zero-order valence-corrected chi connectivity index (χ0v) is 14.7. The van der Waals surface area contributed by atoms with Crippen LogP contribution in [0.2, 0.25) is 0 Å². The second-order valence-corrected chi connectivity index (χ2v) is 5.96. The zero-order valence-electron chi connectivity index (χ0n) is 14.7. The van der Waals surface area contributed by atoms with Crippen molar-refractivity contribution in [3.8, 4) is 5.75 Å². The summed E-state index contributed by atoms with van der Waals surface area (Å²) in [4.78, 5) is 34.3. The molecule has 0 radical (unpaired) electrons. The molecule has 2 aromatic rings. The van der Waals surface area contributed by atoms with E-state index in [2.05, 4.69) is 5.32 Å². The number of rotatable bonds is 5. The minimum atomic E-state index is -1.19. The Hall–Kier alpha value is -3.75. The third-order valence-corrected chi connectivity index (χ3v) is 3.96. The molecule has 8 nitrogen and oxygen atoms in total. The Morgan fingerprint density at radius 2 is 2.04 bits per heavy atom. The van der Waals surface area contributed by atoms with Gasteiger partial charge in [-0.2, -0.15) is 4.39 Å². The van der Waals surface area contributed by atoms with Gasteiger partial charge in [0.1, 0.15) is 12.4 Å². The summed E-state index contributed by atoms with van der Waals surface area (Å²) in [5.41, 5.74) is 0.202. The van der Waals surface area contributed by atoms with Crippen LogP contribution in [0.4, 0.5) is 15.8 Å². The van der Waals surface area contributed by atoms with E-state index in [1.165, 1.54) is 13.0 Å². The van der Waals surface area contributed by atoms with Gasteiger partial charge in [-0.15, -0.1) is 0 Å². The Balaban J connectivity index is 1.65. The van der Waals surface area contributed by atoms with Gasteiger partial charge in [-0.05, 0) is 31.2 Å². The summed E-state index contributed by atoms with van der Waals surface area (Å²) in [5.74, 6) is -1.82. The number of nitrogens with zero attached hydrogens (tertiary/aromatic N) is 1. The Morgan fingerprint density at radius 3 is 2.79 bits per heavy atom. The van der Waals surface area contributed by atoms with Crippen LogP contribution in [0.25, 0.3) is 6.08 Å². The van der Waals surface area contributed by atoms with Crippen molar-refractivity contribution in [1.29, 1.82) is 0 Å². The quantitative estimate of drug-likeness (QED) is 0.481. The molecule has 0 aliphatic carbocycles. The highest BCUT2D eigenvalue weighted by atomic mass is 19.1. The lowest BCUT2D eigenvalue weighted by molar-refractivity contribution is -0.387. The third kappa shape index (κ3) is 4.14. The fourth-order valence-electron chi connectivity index (χ4n) is 2.50. The van der Waals surface area contributed by atoms with Gasteiger partial charge in [0.05, 0.1) is 10.5 Å². The molecule has 144 valence electrons. The molecule has 1 N–H and O–H groups in total.